The first kappa shape index (κ1) is 15.2. The summed E-state index contributed by atoms with van der Waals surface area (Å²) in [4.78, 5) is 5.01. The van der Waals surface area contributed by atoms with Gasteiger partial charge in [-0.2, -0.15) is 0 Å². The topological polar surface area (TPSA) is 18.5 Å². The minimum Gasteiger partial charge on any atom is -0.316 e. The molecule has 0 bridgehead atoms. The van der Waals surface area contributed by atoms with Gasteiger partial charge in [-0.25, -0.2) is 0 Å². The van der Waals surface area contributed by atoms with Crippen LogP contribution in [-0.4, -0.2) is 63.2 Å². The lowest BCUT2D eigenvalue weighted by molar-refractivity contribution is 0.199. The third-order valence-corrected chi connectivity index (χ3v) is 4.06. The first-order valence-electron chi connectivity index (χ1n) is 6.65. The highest BCUT2D eigenvalue weighted by Gasteiger charge is 2.33. The number of nitrogens with one attached hydrogen (secondary N) is 1. The molecule has 102 valence electrons. The number of hydrogen-bond acceptors (Lipinski definition) is 3. The zero-order valence-electron chi connectivity index (χ0n) is 11.5. The van der Waals surface area contributed by atoms with Crippen molar-refractivity contribution in [2.24, 2.45) is 11.3 Å². The van der Waals surface area contributed by atoms with E-state index in [-0.39, 0.29) is 12.4 Å². The summed E-state index contributed by atoms with van der Waals surface area (Å²) in [6, 6.07) is 0. The first-order valence-corrected chi connectivity index (χ1v) is 6.65. The standard InChI is InChI=1S/C13H27N3.ClH/c1-13(5-6-14-10-13)11-16-7-4-12(9-16)8-15(2)3;/h12,14H,4-11H2,1-3H3;1H. The van der Waals surface area contributed by atoms with E-state index in [2.05, 4.69) is 36.1 Å². The number of likely N-dealkylation sites (tertiary alicyclic amines) is 1. The predicted octanol–water partition coefficient (Wildman–Crippen LogP) is 1.29. The van der Waals surface area contributed by atoms with E-state index in [1.807, 2.05) is 0 Å². The van der Waals surface area contributed by atoms with Gasteiger partial charge in [-0.15, -0.1) is 12.4 Å². The SMILES string of the molecule is CN(C)CC1CCN(CC2(C)CCNC2)C1.Cl. The van der Waals surface area contributed by atoms with Gasteiger partial charge in [0.2, 0.25) is 0 Å². The highest BCUT2D eigenvalue weighted by molar-refractivity contribution is 5.85. The van der Waals surface area contributed by atoms with Crippen molar-refractivity contribution in [3.8, 4) is 0 Å². The first-order chi connectivity index (χ1) is 7.57. The molecule has 0 aromatic rings. The Morgan fingerprint density at radius 1 is 1.41 bits per heavy atom. The molecule has 0 radical (unpaired) electrons. The maximum atomic E-state index is 3.50. The molecular weight excluding hydrogens is 234 g/mol. The summed E-state index contributed by atoms with van der Waals surface area (Å²) in [6.45, 7) is 10.0. The molecule has 2 atom stereocenters. The van der Waals surface area contributed by atoms with E-state index in [4.69, 9.17) is 0 Å². The Kier molecular flexibility index (Phi) is 5.71. The summed E-state index contributed by atoms with van der Waals surface area (Å²) in [6.07, 6.45) is 2.74. The molecule has 0 aromatic heterocycles. The Labute approximate surface area is 112 Å². The smallest absolute Gasteiger partial charge is 0.00481 e. The lowest BCUT2D eigenvalue weighted by atomic mass is 9.89. The molecule has 0 saturated carbocycles. The molecule has 2 saturated heterocycles. The van der Waals surface area contributed by atoms with Crippen molar-refractivity contribution in [3.63, 3.8) is 0 Å². The monoisotopic (exact) mass is 261 g/mol. The quantitative estimate of drug-likeness (QED) is 0.823. The van der Waals surface area contributed by atoms with Gasteiger partial charge in [0.15, 0.2) is 0 Å². The van der Waals surface area contributed by atoms with E-state index < -0.39 is 0 Å². The van der Waals surface area contributed by atoms with Crippen LogP contribution in [0.25, 0.3) is 0 Å². The van der Waals surface area contributed by atoms with Crippen molar-refractivity contribution in [1.82, 2.24) is 15.1 Å². The number of rotatable bonds is 4. The Hall–Kier alpha value is 0.170. The molecule has 2 aliphatic heterocycles. The normalized spacial score (nSPS) is 34.2. The Morgan fingerprint density at radius 3 is 2.76 bits per heavy atom. The van der Waals surface area contributed by atoms with Crippen LogP contribution in [0.1, 0.15) is 19.8 Å². The number of nitrogens with zero attached hydrogens (tertiary/aromatic N) is 2. The number of hydrogen-bond donors (Lipinski definition) is 1. The average Bonchev–Trinajstić information content (AvgIpc) is 2.75. The lowest BCUT2D eigenvalue weighted by Crippen LogP contribution is -2.36. The van der Waals surface area contributed by atoms with Crippen LogP contribution in [0, 0.1) is 11.3 Å². The second kappa shape index (κ2) is 6.37. The molecule has 2 aliphatic rings. The molecular formula is C13H28ClN3. The van der Waals surface area contributed by atoms with Crippen molar-refractivity contribution in [2.75, 3.05) is 53.4 Å². The molecule has 3 nitrogen and oxygen atoms in total. The van der Waals surface area contributed by atoms with Gasteiger partial charge < -0.3 is 15.1 Å². The van der Waals surface area contributed by atoms with Crippen LogP contribution in [0.5, 0.6) is 0 Å². The van der Waals surface area contributed by atoms with E-state index >= 15 is 0 Å². The molecule has 2 heterocycles. The zero-order chi connectivity index (χ0) is 11.6. The summed E-state index contributed by atoms with van der Waals surface area (Å²) < 4.78 is 0. The van der Waals surface area contributed by atoms with Gasteiger partial charge in [-0.3, -0.25) is 0 Å². The molecule has 0 aliphatic carbocycles. The van der Waals surface area contributed by atoms with E-state index in [0.29, 0.717) is 5.41 Å². The molecule has 17 heavy (non-hydrogen) atoms. The maximum Gasteiger partial charge on any atom is 0.00481 e. The lowest BCUT2D eigenvalue weighted by Gasteiger charge is -2.29. The molecule has 1 N–H and O–H groups in total. The summed E-state index contributed by atoms with van der Waals surface area (Å²) in [5, 5.41) is 3.50. The van der Waals surface area contributed by atoms with Crippen molar-refractivity contribution < 1.29 is 0 Å². The van der Waals surface area contributed by atoms with E-state index in [1.165, 1.54) is 52.1 Å². The van der Waals surface area contributed by atoms with Gasteiger partial charge in [0.05, 0.1) is 0 Å². The largest absolute Gasteiger partial charge is 0.316 e. The van der Waals surface area contributed by atoms with Crippen LogP contribution in [0.4, 0.5) is 0 Å². The van der Waals surface area contributed by atoms with Crippen molar-refractivity contribution in [3.05, 3.63) is 0 Å². The number of halogens is 1. The second-order valence-corrected chi connectivity index (χ2v) is 6.39. The van der Waals surface area contributed by atoms with Crippen LogP contribution >= 0.6 is 12.4 Å². The third-order valence-electron chi connectivity index (χ3n) is 4.06. The molecule has 0 aromatic carbocycles. The van der Waals surface area contributed by atoms with Gasteiger partial charge in [0, 0.05) is 26.2 Å². The highest BCUT2D eigenvalue weighted by atomic mass is 35.5. The van der Waals surface area contributed by atoms with Gasteiger partial charge in [0.25, 0.3) is 0 Å². The van der Waals surface area contributed by atoms with E-state index in [9.17, 15) is 0 Å². The predicted molar refractivity (Wildman–Crippen MR) is 75.9 cm³/mol. The molecule has 2 rings (SSSR count). The molecule has 2 fully saturated rings. The Balaban J connectivity index is 0.00000144. The Bertz CT molecular complexity index is 227. The average molecular weight is 262 g/mol. The molecule has 0 amide bonds. The van der Waals surface area contributed by atoms with E-state index in [1.54, 1.807) is 0 Å². The fourth-order valence-corrected chi connectivity index (χ4v) is 3.27. The fourth-order valence-electron chi connectivity index (χ4n) is 3.27. The minimum absolute atomic E-state index is 0. The fraction of sp³-hybridized carbons (Fsp3) is 1.00. The summed E-state index contributed by atoms with van der Waals surface area (Å²) in [5.74, 6) is 0.896. The van der Waals surface area contributed by atoms with Crippen LogP contribution in [0.15, 0.2) is 0 Å². The van der Waals surface area contributed by atoms with Crippen molar-refractivity contribution >= 4 is 12.4 Å². The molecule has 0 spiro atoms. The highest BCUT2D eigenvalue weighted by Crippen LogP contribution is 2.28. The maximum absolute atomic E-state index is 3.50. The van der Waals surface area contributed by atoms with Crippen LogP contribution < -0.4 is 5.32 Å². The molecule has 4 heteroatoms. The zero-order valence-corrected chi connectivity index (χ0v) is 12.4. The van der Waals surface area contributed by atoms with Gasteiger partial charge >= 0.3 is 0 Å². The van der Waals surface area contributed by atoms with Crippen LogP contribution in [-0.2, 0) is 0 Å². The summed E-state index contributed by atoms with van der Waals surface area (Å²) in [7, 11) is 4.37. The van der Waals surface area contributed by atoms with Crippen LogP contribution in [0.3, 0.4) is 0 Å². The minimum atomic E-state index is 0. The van der Waals surface area contributed by atoms with Gasteiger partial charge in [-0.1, -0.05) is 6.92 Å². The third kappa shape index (κ3) is 4.40. The Morgan fingerprint density at radius 2 is 2.18 bits per heavy atom. The molecule has 2 unspecified atom stereocenters. The summed E-state index contributed by atoms with van der Waals surface area (Å²) >= 11 is 0. The van der Waals surface area contributed by atoms with Crippen molar-refractivity contribution in [1.29, 1.82) is 0 Å². The summed E-state index contributed by atoms with van der Waals surface area (Å²) in [5.41, 5.74) is 0.535. The van der Waals surface area contributed by atoms with E-state index in [0.717, 1.165) is 5.92 Å². The second-order valence-electron chi connectivity index (χ2n) is 6.39. The van der Waals surface area contributed by atoms with Crippen LogP contribution in [0.2, 0.25) is 0 Å². The van der Waals surface area contributed by atoms with Gasteiger partial charge in [-0.05, 0) is 51.4 Å². The van der Waals surface area contributed by atoms with Crippen molar-refractivity contribution in [2.45, 2.75) is 19.8 Å². The van der Waals surface area contributed by atoms with Gasteiger partial charge in [0.1, 0.15) is 0 Å².